The standard InChI is InChI=1S/C9H20N3O2P/c1-11(2)9(12(3)4)15(13-5)14-8-6-7-10/h9H,6,8H2,1-5H3. The van der Waals surface area contributed by atoms with Crippen LogP contribution in [0.4, 0.5) is 0 Å². The summed E-state index contributed by atoms with van der Waals surface area (Å²) in [5.41, 5.74) is 0. The van der Waals surface area contributed by atoms with Gasteiger partial charge in [0, 0.05) is 7.11 Å². The Balaban J connectivity index is 4.27. The molecule has 0 radical (unpaired) electrons. The second kappa shape index (κ2) is 7.98. The Morgan fingerprint density at radius 2 is 1.80 bits per heavy atom. The van der Waals surface area contributed by atoms with Crippen molar-refractivity contribution in [2.45, 2.75) is 12.3 Å². The first kappa shape index (κ1) is 14.8. The van der Waals surface area contributed by atoms with Crippen LogP contribution in [-0.4, -0.2) is 57.6 Å². The van der Waals surface area contributed by atoms with Crippen molar-refractivity contribution < 1.29 is 9.05 Å². The van der Waals surface area contributed by atoms with Crippen molar-refractivity contribution in [2.75, 3.05) is 41.9 Å². The summed E-state index contributed by atoms with van der Waals surface area (Å²) in [5.74, 6) is 0.101. The van der Waals surface area contributed by atoms with E-state index in [1.165, 1.54) is 0 Å². The molecule has 0 aromatic carbocycles. The molecule has 15 heavy (non-hydrogen) atoms. The van der Waals surface area contributed by atoms with E-state index in [1.807, 2.05) is 44.1 Å². The van der Waals surface area contributed by atoms with E-state index in [1.54, 1.807) is 7.11 Å². The molecular weight excluding hydrogens is 213 g/mol. The summed E-state index contributed by atoms with van der Waals surface area (Å²) in [7, 11) is 8.54. The Kier molecular flexibility index (Phi) is 7.85. The first-order valence-electron chi connectivity index (χ1n) is 4.70. The van der Waals surface area contributed by atoms with E-state index >= 15 is 0 Å². The van der Waals surface area contributed by atoms with Gasteiger partial charge in [-0.1, -0.05) is 0 Å². The van der Waals surface area contributed by atoms with Gasteiger partial charge < -0.3 is 9.05 Å². The Hall–Kier alpha value is -0.240. The average Bonchev–Trinajstić information content (AvgIpc) is 2.15. The van der Waals surface area contributed by atoms with Crippen molar-refractivity contribution in [3.63, 3.8) is 0 Å². The number of hydrogen-bond donors (Lipinski definition) is 0. The van der Waals surface area contributed by atoms with Crippen molar-refractivity contribution in [1.82, 2.24) is 9.80 Å². The molecule has 0 fully saturated rings. The molecule has 1 atom stereocenters. The van der Waals surface area contributed by atoms with Crippen molar-refractivity contribution in [3.05, 3.63) is 0 Å². The number of hydrogen-bond acceptors (Lipinski definition) is 5. The monoisotopic (exact) mass is 233 g/mol. The van der Waals surface area contributed by atoms with Gasteiger partial charge in [0.25, 0.3) is 0 Å². The normalized spacial score (nSPS) is 13.5. The van der Waals surface area contributed by atoms with Crippen molar-refractivity contribution >= 4 is 8.38 Å². The van der Waals surface area contributed by atoms with Crippen LogP contribution in [0.2, 0.25) is 0 Å². The smallest absolute Gasteiger partial charge is 0.204 e. The lowest BCUT2D eigenvalue weighted by Crippen LogP contribution is -2.39. The van der Waals surface area contributed by atoms with Gasteiger partial charge in [0.2, 0.25) is 8.38 Å². The summed E-state index contributed by atoms with van der Waals surface area (Å²) in [6.07, 6.45) is 0.399. The molecule has 0 aliphatic rings. The maximum absolute atomic E-state index is 8.42. The van der Waals surface area contributed by atoms with Gasteiger partial charge in [-0.3, -0.25) is 9.80 Å². The second-order valence-electron chi connectivity index (χ2n) is 3.48. The van der Waals surface area contributed by atoms with Gasteiger partial charge in [-0.25, -0.2) is 0 Å². The molecule has 0 aliphatic heterocycles. The lowest BCUT2D eigenvalue weighted by molar-refractivity contribution is 0.160. The summed E-state index contributed by atoms with van der Waals surface area (Å²) in [4.78, 5) is 4.09. The molecule has 88 valence electrons. The molecule has 0 rings (SSSR count). The predicted octanol–water partition coefficient (Wildman–Crippen LogP) is 1.28. The SMILES string of the molecule is COP(OCCC#N)C(N(C)C)N(C)C. The summed E-state index contributed by atoms with van der Waals surface area (Å²) in [5, 5.41) is 8.42. The van der Waals surface area contributed by atoms with Crippen molar-refractivity contribution in [1.29, 1.82) is 5.26 Å². The summed E-state index contributed by atoms with van der Waals surface area (Å²) in [6, 6.07) is 2.05. The fraction of sp³-hybridized carbons (Fsp3) is 0.889. The molecule has 0 amide bonds. The first-order valence-corrected chi connectivity index (χ1v) is 5.95. The average molecular weight is 233 g/mol. The quantitative estimate of drug-likeness (QED) is 0.376. The summed E-state index contributed by atoms with van der Waals surface area (Å²) in [6.45, 7) is 0.425. The van der Waals surface area contributed by atoms with Gasteiger partial charge in [0.15, 0.2) is 0 Å². The van der Waals surface area contributed by atoms with Crippen molar-refractivity contribution in [2.24, 2.45) is 0 Å². The Bertz CT molecular complexity index is 198. The van der Waals surface area contributed by atoms with E-state index in [0.717, 1.165) is 0 Å². The van der Waals surface area contributed by atoms with E-state index in [0.29, 0.717) is 13.0 Å². The molecule has 0 saturated heterocycles. The Labute approximate surface area is 93.5 Å². The van der Waals surface area contributed by atoms with Gasteiger partial charge >= 0.3 is 0 Å². The number of nitrogens with zero attached hydrogens (tertiary/aromatic N) is 3. The first-order chi connectivity index (χ1) is 7.04. The third kappa shape index (κ3) is 5.41. The molecule has 0 aromatic rings. The van der Waals surface area contributed by atoms with Crippen LogP contribution in [0, 0.1) is 11.3 Å². The minimum Gasteiger partial charge on any atom is -0.335 e. The van der Waals surface area contributed by atoms with Gasteiger partial charge in [-0.2, -0.15) is 5.26 Å². The maximum Gasteiger partial charge on any atom is 0.204 e. The van der Waals surface area contributed by atoms with E-state index in [-0.39, 0.29) is 5.91 Å². The fourth-order valence-electron chi connectivity index (χ4n) is 1.23. The Morgan fingerprint density at radius 1 is 1.27 bits per heavy atom. The zero-order valence-corrected chi connectivity index (χ0v) is 11.0. The van der Waals surface area contributed by atoms with Crippen LogP contribution in [0.15, 0.2) is 0 Å². The number of nitriles is 1. The minimum atomic E-state index is -1.01. The highest BCUT2D eigenvalue weighted by Crippen LogP contribution is 2.44. The third-order valence-electron chi connectivity index (χ3n) is 1.72. The van der Waals surface area contributed by atoms with Gasteiger partial charge in [0.05, 0.1) is 19.1 Å². The van der Waals surface area contributed by atoms with E-state index in [4.69, 9.17) is 14.3 Å². The molecule has 5 nitrogen and oxygen atoms in total. The van der Waals surface area contributed by atoms with Crippen LogP contribution in [-0.2, 0) is 9.05 Å². The van der Waals surface area contributed by atoms with Crippen LogP contribution in [0.5, 0.6) is 0 Å². The van der Waals surface area contributed by atoms with Crippen LogP contribution < -0.4 is 0 Å². The predicted molar refractivity (Wildman–Crippen MR) is 61.3 cm³/mol. The maximum atomic E-state index is 8.42. The summed E-state index contributed by atoms with van der Waals surface area (Å²) < 4.78 is 10.9. The van der Waals surface area contributed by atoms with Gasteiger partial charge in [0.1, 0.15) is 5.91 Å². The van der Waals surface area contributed by atoms with E-state index < -0.39 is 8.38 Å². The number of rotatable bonds is 7. The van der Waals surface area contributed by atoms with Gasteiger partial charge in [-0.15, -0.1) is 0 Å². The zero-order chi connectivity index (χ0) is 11.8. The third-order valence-corrected chi connectivity index (χ3v) is 3.82. The largest absolute Gasteiger partial charge is 0.335 e. The highest BCUT2D eigenvalue weighted by atomic mass is 31.2. The lowest BCUT2D eigenvalue weighted by atomic mass is 10.5. The lowest BCUT2D eigenvalue weighted by Gasteiger charge is -2.34. The van der Waals surface area contributed by atoms with Crippen LogP contribution >= 0.6 is 8.38 Å². The molecule has 0 N–H and O–H groups in total. The zero-order valence-electron chi connectivity index (χ0n) is 10.1. The molecule has 0 bridgehead atoms. The molecule has 0 heterocycles. The fourth-order valence-corrected chi connectivity index (χ4v) is 2.69. The molecule has 0 saturated carbocycles. The molecular formula is C9H20N3O2P. The Morgan fingerprint density at radius 3 is 2.13 bits per heavy atom. The van der Waals surface area contributed by atoms with E-state index in [9.17, 15) is 0 Å². The topological polar surface area (TPSA) is 48.7 Å². The second-order valence-corrected chi connectivity index (χ2v) is 5.14. The van der Waals surface area contributed by atoms with Crippen molar-refractivity contribution in [3.8, 4) is 6.07 Å². The van der Waals surface area contributed by atoms with Gasteiger partial charge in [-0.05, 0) is 28.2 Å². The highest BCUT2D eigenvalue weighted by Gasteiger charge is 2.27. The molecule has 0 spiro atoms. The van der Waals surface area contributed by atoms with Crippen LogP contribution in [0.1, 0.15) is 6.42 Å². The molecule has 0 aliphatic carbocycles. The van der Waals surface area contributed by atoms with Crippen LogP contribution in [0.25, 0.3) is 0 Å². The molecule has 0 aromatic heterocycles. The summed E-state index contributed by atoms with van der Waals surface area (Å²) >= 11 is 0. The van der Waals surface area contributed by atoms with Crippen LogP contribution in [0.3, 0.4) is 0 Å². The van der Waals surface area contributed by atoms with E-state index in [2.05, 4.69) is 0 Å². The molecule has 6 heteroatoms. The highest BCUT2D eigenvalue weighted by molar-refractivity contribution is 7.47. The molecule has 1 unspecified atom stereocenters. The minimum absolute atomic E-state index is 0.101.